The zero-order chi connectivity index (χ0) is 19.9. The Morgan fingerprint density at radius 3 is 2.43 bits per heavy atom. The number of carbonyl (C=O) groups excluding carboxylic acids is 2. The van der Waals surface area contributed by atoms with Gasteiger partial charge in [0.15, 0.2) is 6.61 Å². The van der Waals surface area contributed by atoms with E-state index in [4.69, 9.17) is 9.47 Å². The first kappa shape index (κ1) is 19.7. The predicted molar refractivity (Wildman–Crippen MR) is 108 cm³/mol. The van der Waals surface area contributed by atoms with Crippen LogP contribution in [0.4, 0.5) is 5.69 Å². The van der Waals surface area contributed by atoms with E-state index in [1.54, 1.807) is 17.0 Å². The Morgan fingerprint density at radius 2 is 1.79 bits per heavy atom. The smallest absolute Gasteiger partial charge is 0.258 e. The molecule has 1 saturated heterocycles. The molecule has 1 aliphatic rings. The van der Waals surface area contributed by atoms with Crippen LogP contribution in [0.15, 0.2) is 42.5 Å². The van der Waals surface area contributed by atoms with Gasteiger partial charge in [0.2, 0.25) is 5.91 Å². The van der Waals surface area contributed by atoms with Gasteiger partial charge in [0.05, 0.1) is 6.54 Å². The van der Waals surface area contributed by atoms with Gasteiger partial charge in [-0.25, -0.2) is 0 Å². The first-order valence-corrected chi connectivity index (χ1v) is 9.53. The van der Waals surface area contributed by atoms with Crippen LogP contribution in [0.1, 0.15) is 24.0 Å². The van der Waals surface area contributed by atoms with Crippen molar-refractivity contribution in [3.8, 4) is 11.5 Å². The summed E-state index contributed by atoms with van der Waals surface area (Å²) in [6.45, 7) is 5.50. The number of para-hydroxylation sites is 1. The maximum absolute atomic E-state index is 11.9. The molecule has 0 atom stereocenters. The third-order valence-electron chi connectivity index (χ3n) is 4.67. The van der Waals surface area contributed by atoms with Gasteiger partial charge in [0.1, 0.15) is 18.1 Å². The topological polar surface area (TPSA) is 67.9 Å². The summed E-state index contributed by atoms with van der Waals surface area (Å²) < 4.78 is 11.3. The fourth-order valence-electron chi connectivity index (χ4n) is 3.21. The average molecular weight is 382 g/mol. The van der Waals surface area contributed by atoms with E-state index < -0.39 is 0 Å². The highest BCUT2D eigenvalue weighted by molar-refractivity contribution is 5.95. The molecule has 0 aromatic heterocycles. The Balaban J connectivity index is 1.38. The number of anilines is 1. The number of carbonyl (C=O) groups is 2. The summed E-state index contributed by atoms with van der Waals surface area (Å²) in [6.07, 6.45) is 1.50. The van der Waals surface area contributed by atoms with E-state index in [1.807, 2.05) is 44.2 Å². The van der Waals surface area contributed by atoms with Crippen LogP contribution in [0.3, 0.4) is 0 Å². The van der Waals surface area contributed by atoms with Gasteiger partial charge in [0, 0.05) is 18.7 Å². The van der Waals surface area contributed by atoms with Gasteiger partial charge in [0.25, 0.3) is 5.91 Å². The largest absolute Gasteiger partial charge is 0.491 e. The minimum Gasteiger partial charge on any atom is -0.491 e. The lowest BCUT2D eigenvalue weighted by Crippen LogP contribution is -2.32. The van der Waals surface area contributed by atoms with Crippen molar-refractivity contribution in [2.45, 2.75) is 26.7 Å². The summed E-state index contributed by atoms with van der Waals surface area (Å²) in [4.78, 5) is 25.5. The highest BCUT2D eigenvalue weighted by atomic mass is 16.5. The number of nitrogens with one attached hydrogen (secondary N) is 1. The molecule has 0 radical (unpaired) electrons. The van der Waals surface area contributed by atoms with Gasteiger partial charge in [-0.2, -0.15) is 0 Å². The Kier molecular flexibility index (Phi) is 6.53. The molecule has 28 heavy (non-hydrogen) atoms. The first-order chi connectivity index (χ1) is 13.5. The van der Waals surface area contributed by atoms with Gasteiger partial charge < -0.3 is 19.7 Å². The van der Waals surface area contributed by atoms with Gasteiger partial charge in [-0.3, -0.25) is 9.59 Å². The van der Waals surface area contributed by atoms with E-state index in [0.717, 1.165) is 35.5 Å². The highest BCUT2D eigenvalue weighted by Gasteiger charge is 2.21. The second-order valence-electron chi connectivity index (χ2n) is 6.85. The van der Waals surface area contributed by atoms with E-state index in [-0.39, 0.29) is 18.4 Å². The highest BCUT2D eigenvalue weighted by Crippen LogP contribution is 2.24. The normalized spacial score (nSPS) is 13.5. The fourth-order valence-corrected chi connectivity index (χ4v) is 3.21. The van der Waals surface area contributed by atoms with E-state index in [2.05, 4.69) is 5.32 Å². The molecular weight excluding hydrogens is 356 g/mol. The summed E-state index contributed by atoms with van der Waals surface area (Å²) in [5.41, 5.74) is 3.02. The molecule has 0 unspecified atom stereocenters. The molecule has 6 nitrogen and oxygen atoms in total. The number of hydrogen-bond donors (Lipinski definition) is 1. The van der Waals surface area contributed by atoms with Gasteiger partial charge in [-0.1, -0.05) is 18.2 Å². The van der Waals surface area contributed by atoms with Crippen LogP contribution in [-0.2, 0) is 9.59 Å². The molecular formula is C22H26N2O4. The second kappa shape index (κ2) is 9.26. The molecule has 3 rings (SSSR count). The molecule has 0 spiro atoms. The van der Waals surface area contributed by atoms with Crippen molar-refractivity contribution in [1.29, 1.82) is 0 Å². The number of rotatable bonds is 8. The van der Waals surface area contributed by atoms with Crippen LogP contribution in [0.25, 0.3) is 0 Å². The Labute approximate surface area is 165 Å². The van der Waals surface area contributed by atoms with E-state index in [1.165, 1.54) is 0 Å². The summed E-state index contributed by atoms with van der Waals surface area (Å²) in [7, 11) is 0. The van der Waals surface area contributed by atoms with Crippen molar-refractivity contribution in [1.82, 2.24) is 5.32 Å². The molecule has 1 N–H and O–H groups in total. The van der Waals surface area contributed by atoms with Crippen LogP contribution in [-0.4, -0.2) is 38.1 Å². The van der Waals surface area contributed by atoms with Crippen LogP contribution >= 0.6 is 0 Å². The molecule has 0 bridgehead atoms. The van der Waals surface area contributed by atoms with Crippen molar-refractivity contribution in [2.75, 3.05) is 31.2 Å². The fraction of sp³-hybridized carbons (Fsp3) is 0.364. The molecule has 1 fully saturated rings. The summed E-state index contributed by atoms with van der Waals surface area (Å²) >= 11 is 0. The van der Waals surface area contributed by atoms with Crippen LogP contribution in [0.2, 0.25) is 0 Å². The molecule has 2 amide bonds. The van der Waals surface area contributed by atoms with E-state index in [0.29, 0.717) is 25.3 Å². The van der Waals surface area contributed by atoms with Crippen LogP contribution < -0.4 is 19.7 Å². The standard InChI is InChI=1S/C22H26N2O4/c1-16-5-3-6-17(2)22(16)27-14-12-23-20(25)15-28-19-10-8-18(9-11-19)24-13-4-7-21(24)26/h3,5-6,8-11H,4,7,12-15H2,1-2H3,(H,23,25). The number of nitrogens with zero attached hydrogens (tertiary/aromatic N) is 1. The van der Waals surface area contributed by atoms with Gasteiger partial charge in [-0.05, 0) is 55.7 Å². The zero-order valence-corrected chi connectivity index (χ0v) is 16.4. The molecule has 0 saturated carbocycles. The monoisotopic (exact) mass is 382 g/mol. The lowest BCUT2D eigenvalue weighted by Gasteiger charge is -2.16. The third kappa shape index (κ3) is 5.03. The molecule has 1 heterocycles. The lowest BCUT2D eigenvalue weighted by molar-refractivity contribution is -0.123. The summed E-state index contributed by atoms with van der Waals surface area (Å²) in [5, 5.41) is 2.78. The summed E-state index contributed by atoms with van der Waals surface area (Å²) in [5.74, 6) is 1.40. The third-order valence-corrected chi connectivity index (χ3v) is 4.67. The molecule has 148 valence electrons. The lowest BCUT2D eigenvalue weighted by atomic mass is 10.1. The van der Waals surface area contributed by atoms with Crippen LogP contribution in [0.5, 0.6) is 11.5 Å². The molecule has 2 aromatic rings. The number of ether oxygens (including phenoxy) is 2. The quantitative estimate of drug-likeness (QED) is 0.713. The molecule has 0 aliphatic carbocycles. The van der Waals surface area contributed by atoms with E-state index >= 15 is 0 Å². The number of hydrogen-bond acceptors (Lipinski definition) is 4. The van der Waals surface area contributed by atoms with Gasteiger partial charge in [-0.15, -0.1) is 0 Å². The molecule has 2 aromatic carbocycles. The van der Waals surface area contributed by atoms with Crippen LogP contribution in [0, 0.1) is 13.8 Å². The zero-order valence-electron chi connectivity index (χ0n) is 16.4. The van der Waals surface area contributed by atoms with Crippen molar-refractivity contribution in [2.24, 2.45) is 0 Å². The van der Waals surface area contributed by atoms with Crippen molar-refractivity contribution < 1.29 is 19.1 Å². The Hall–Kier alpha value is -3.02. The van der Waals surface area contributed by atoms with Crippen molar-refractivity contribution in [3.63, 3.8) is 0 Å². The first-order valence-electron chi connectivity index (χ1n) is 9.53. The number of aryl methyl sites for hydroxylation is 2. The molecule has 6 heteroatoms. The number of benzene rings is 2. The van der Waals surface area contributed by atoms with E-state index in [9.17, 15) is 9.59 Å². The SMILES string of the molecule is Cc1cccc(C)c1OCCNC(=O)COc1ccc(N2CCCC2=O)cc1. The van der Waals surface area contributed by atoms with Crippen molar-refractivity contribution >= 4 is 17.5 Å². The number of amides is 2. The summed E-state index contributed by atoms with van der Waals surface area (Å²) in [6, 6.07) is 13.2. The van der Waals surface area contributed by atoms with Gasteiger partial charge >= 0.3 is 0 Å². The predicted octanol–water partition coefficient (Wildman–Crippen LogP) is 3.00. The average Bonchev–Trinajstić information content (AvgIpc) is 3.12. The minimum absolute atomic E-state index is 0.0641. The van der Waals surface area contributed by atoms with Crippen molar-refractivity contribution in [3.05, 3.63) is 53.6 Å². The maximum atomic E-state index is 11.9. The maximum Gasteiger partial charge on any atom is 0.258 e. The minimum atomic E-state index is -0.205. The Morgan fingerprint density at radius 1 is 1.07 bits per heavy atom. The second-order valence-corrected chi connectivity index (χ2v) is 6.85. The Bertz CT molecular complexity index is 813. The molecule has 1 aliphatic heterocycles.